The van der Waals surface area contributed by atoms with E-state index in [1.807, 2.05) is 62.4 Å². The Labute approximate surface area is 201 Å². The molecular formula is C26H23IN2O3. The molecule has 1 heterocycles. The molecule has 1 saturated heterocycles. The molecule has 0 saturated carbocycles. The maximum absolute atomic E-state index is 13.5. The molecule has 1 fully saturated rings. The van der Waals surface area contributed by atoms with E-state index in [2.05, 4.69) is 22.6 Å². The van der Waals surface area contributed by atoms with Gasteiger partial charge in [0.05, 0.1) is 12.1 Å². The van der Waals surface area contributed by atoms with Gasteiger partial charge in [0, 0.05) is 15.7 Å². The van der Waals surface area contributed by atoms with Gasteiger partial charge in [0.2, 0.25) is 5.91 Å². The second kappa shape index (κ2) is 9.24. The summed E-state index contributed by atoms with van der Waals surface area (Å²) in [5, 5.41) is 0. The Balaban J connectivity index is 1.68. The number of halogens is 1. The highest BCUT2D eigenvalue weighted by Crippen LogP contribution is 2.28. The summed E-state index contributed by atoms with van der Waals surface area (Å²) in [7, 11) is 0. The highest BCUT2D eigenvalue weighted by Gasteiger charge is 2.44. The molecule has 162 valence electrons. The molecule has 6 heteroatoms. The summed E-state index contributed by atoms with van der Waals surface area (Å²) in [5.74, 6) is -0.934. The van der Waals surface area contributed by atoms with Crippen LogP contribution in [0, 0.1) is 17.4 Å². The van der Waals surface area contributed by atoms with Gasteiger partial charge in [-0.25, -0.2) is 4.90 Å². The number of benzene rings is 3. The largest absolute Gasteiger partial charge is 0.322 e. The molecule has 1 aliphatic rings. The number of nitrogens with zero attached hydrogens (tertiary/aromatic N) is 2. The monoisotopic (exact) mass is 538 g/mol. The molecule has 1 unspecified atom stereocenters. The van der Waals surface area contributed by atoms with Crippen LogP contribution in [-0.2, 0) is 16.1 Å². The predicted molar refractivity (Wildman–Crippen MR) is 132 cm³/mol. The number of hydrogen-bond acceptors (Lipinski definition) is 3. The molecule has 0 radical (unpaired) electrons. The zero-order valence-corrected chi connectivity index (χ0v) is 20.1. The number of carbonyl (C=O) groups excluding carboxylic acids is 3. The second-order valence-electron chi connectivity index (χ2n) is 8.05. The van der Waals surface area contributed by atoms with E-state index in [4.69, 9.17) is 0 Å². The van der Waals surface area contributed by atoms with Gasteiger partial charge in [-0.1, -0.05) is 47.5 Å². The molecule has 4 rings (SSSR count). The number of anilines is 1. The first-order chi connectivity index (χ1) is 15.3. The molecule has 3 aromatic carbocycles. The minimum atomic E-state index is -0.850. The second-order valence-corrected chi connectivity index (χ2v) is 9.29. The van der Waals surface area contributed by atoms with Gasteiger partial charge in [0.1, 0.15) is 6.04 Å². The Kier molecular flexibility index (Phi) is 6.41. The third-order valence-corrected chi connectivity index (χ3v) is 6.34. The molecular weight excluding hydrogens is 515 g/mol. The topological polar surface area (TPSA) is 57.7 Å². The zero-order chi connectivity index (χ0) is 22.8. The van der Waals surface area contributed by atoms with Crippen molar-refractivity contribution >= 4 is 46.0 Å². The van der Waals surface area contributed by atoms with Crippen molar-refractivity contribution in [2.75, 3.05) is 4.90 Å². The van der Waals surface area contributed by atoms with Crippen molar-refractivity contribution in [1.29, 1.82) is 0 Å². The molecule has 0 aromatic heterocycles. The quantitative estimate of drug-likeness (QED) is 0.344. The van der Waals surface area contributed by atoms with Crippen LogP contribution in [0.15, 0.2) is 72.8 Å². The van der Waals surface area contributed by atoms with Crippen LogP contribution in [-0.4, -0.2) is 28.7 Å². The first-order valence-corrected chi connectivity index (χ1v) is 11.5. The average molecular weight is 538 g/mol. The molecule has 3 aromatic rings. The molecule has 1 atom stereocenters. The fraction of sp³-hybridized carbons (Fsp3) is 0.192. The van der Waals surface area contributed by atoms with Crippen molar-refractivity contribution in [2.24, 2.45) is 0 Å². The number of hydrogen-bond donors (Lipinski definition) is 0. The van der Waals surface area contributed by atoms with Crippen LogP contribution in [0.5, 0.6) is 0 Å². The van der Waals surface area contributed by atoms with Gasteiger partial charge in [-0.3, -0.25) is 14.4 Å². The van der Waals surface area contributed by atoms with Gasteiger partial charge < -0.3 is 4.90 Å². The van der Waals surface area contributed by atoms with Crippen molar-refractivity contribution in [3.05, 3.63) is 98.6 Å². The summed E-state index contributed by atoms with van der Waals surface area (Å²) >= 11 is 2.18. The van der Waals surface area contributed by atoms with Crippen molar-refractivity contribution < 1.29 is 14.4 Å². The molecule has 3 amide bonds. The van der Waals surface area contributed by atoms with E-state index in [0.717, 1.165) is 20.3 Å². The van der Waals surface area contributed by atoms with Crippen LogP contribution in [0.2, 0.25) is 0 Å². The molecule has 1 aliphatic heterocycles. The standard InChI is InChI=1S/C26H23IN2O3/c1-17-3-7-19(8-4-17)16-28(25(31)20-9-5-18(2)6-10-20)23-15-24(30)29(26(23)32)22-13-11-21(27)12-14-22/h3-14,23H,15-16H2,1-2H3. The van der Waals surface area contributed by atoms with E-state index >= 15 is 0 Å². The lowest BCUT2D eigenvalue weighted by molar-refractivity contribution is -0.122. The van der Waals surface area contributed by atoms with E-state index in [1.165, 1.54) is 9.80 Å². The number of aryl methyl sites for hydroxylation is 2. The van der Waals surface area contributed by atoms with Crippen LogP contribution in [0.3, 0.4) is 0 Å². The van der Waals surface area contributed by atoms with E-state index in [-0.39, 0.29) is 30.7 Å². The molecule has 0 bridgehead atoms. The highest BCUT2D eigenvalue weighted by molar-refractivity contribution is 14.1. The van der Waals surface area contributed by atoms with Gasteiger partial charge in [0.25, 0.3) is 11.8 Å². The maximum atomic E-state index is 13.5. The van der Waals surface area contributed by atoms with Crippen molar-refractivity contribution in [2.45, 2.75) is 32.9 Å². The minimum Gasteiger partial charge on any atom is -0.322 e. The fourth-order valence-corrected chi connectivity index (χ4v) is 4.16. The summed E-state index contributed by atoms with van der Waals surface area (Å²) in [6.45, 7) is 4.20. The first kappa shape index (κ1) is 22.2. The third-order valence-electron chi connectivity index (χ3n) is 5.62. The smallest absolute Gasteiger partial charge is 0.257 e. The van der Waals surface area contributed by atoms with Gasteiger partial charge in [-0.15, -0.1) is 0 Å². The lowest BCUT2D eigenvalue weighted by atomic mass is 10.1. The van der Waals surface area contributed by atoms with Crippen molar-refractivity contribution in [1.82, 2.24) is 4.90 Å². The predicted octanol–water partition coefficient (Wildman–Crippen LogP) is 4.88. The van der Waals surface area contributed by atoms with E-state index in [9.17, 15) is 14.4 Å². The Morgan fingerprint density at radius 1 is 0.906 bits per heavy atom. The Hall–Kier alpha value is -3.00. The van der Waals surface area contributed by atoms with Gasteiger partial charge >= 0.3 is 0 Å². The molecule has 32 heavy (non-hydrogen) atoms. The van der Waals surface area contributed by atoms with E-state index < -0.39 is 6.04 Å². The first-order valence-electron chi connectivity index (χ1n) is 10.4. The summed E-state index contributed by atoms with van der Waals surface area (Å²) in [4.78, 5) is 42.5. The minimum absolute atomic E-state index is 0.0334. The van der Waals surface area contributed by atoms with Gasteiger partial charge in [-0.2, -0.15) is 0 Å². The Morgan fingerprint density at radius 2 is 1.47 bits per heavy atom. The SMILES string of the molecule is Cc1ccc(CN(C(=O)c2ccc(C)cc2)C2CC(=O)N(c3ccc(I)cc3)C2=O)cc1. The van der Waals surface area contributed by atoms with E-state index in [1.54, 1.807) is 24.3 Å². The average Bonchev–Trinajstić information content (AvgIpc) is 3.08. The van der Waals surface area contributed by atoms with Crippen LogP contribution in [0.1, 0.15) is 33.5 Å². The number of imide groups is 1. The van der Waals surface area contributed by atoms with Crippen molar-refractivity contribution in [3.63, 3.8) is 0 Å². The maximum Gasteiger partial charge on any atom is 0.257 e. The molecule has 5 nitrogen and oxygen atoms in total. The lowest BCUT2D eigenvalue weighted by Crippen LogP contribution is -2.45. The summed E-state index contributed by atoms with van der Waals surface area (Å²) in [5.41, 5.74) is 4.09. The normalized spacial score (nSPS) is 15.8. The van der Waals surface area contributed by atoms with Crippen LogP contribution in [0.25, 0.3) is 0 Å². The third kappa shape index (κ3) is 4.60. The van der Waals surface area contributed by atoms with Gasteiger partial charge in [-0.05, 0) is 78.4 Å². The Morgan fingerprint density at radius 3 is 2.06 bits per heavy atom. The van der Waals surface area contributed by atoms with Crippen LogP contribution < -0.4 is 4.90 Å². The molecule has 0 N–H and O–H groups in total. The van der Waals surface area contributed by atoms with E-state index in [0.29, 0.717) is 11.3 Å². The summed E-state index contributed by atoms with van der Waals surface area (Å²) in [6, 6.07) is 21.5. The zero-order valence-electron chi connectivity index (χ0n) is 17.9. The molecule has 0 aliphatic carbocycles. The Bertz CT molecular complexity index is 1160. The number of carbonyl (C=O) groups is 3. The number of rotatable bonds is 5. The fourth-order valence-electron chi connectivity index (χ4n) is 3.80. The lowest BCUT2D eigenvalue weighted by Gasteiger charge is -2.28. The highest BCUT2D eigenvalue weighted by atomic mass is 127. The van der Waals surface area contributed by atoms with Gasteiger partial charge in [0.15, 0.2) is 0 Å². The van der Waals surface area contributed by atoms with Crippen LogP contribution >= 0.6 is 22.6 Å². The number of amides is 3. The van der Waals surface area contributed by atoms with Crippen molar-refractivity contribution in [3.8, 4) is 0 Å². The summed E-state index contributed by atoms with van der Waals surface area (Å²) in [6.07, 6.45) is -0.0334. The van der Waals surface area contributed by atoms with Crippen LogP contribution in [0.4, 0.5) is 5.69 Å². The molecule has 0 spiro atoms. The summed E-state index contributed by atoms with van der Waals surface area (Å²) < 4.78 is 1.01.